The van der Waals surface area contributed by atoms with Crippen LogP contribution in [0.25, 0.3) is 0 Å². The van der Waals surface area contributed by atoms with E-state index in [1.54, 1.807) is 37.8 Å². The molecule has 0 aliphatic carbocycles. The van der Waals surface area contributed by atoms with Crippen LogP contribution in [-0.2, 0) is 16.0 Å². The van der Waals surface area contributed by atoms with Crippen molar-refractivity contribution in [2.75, 3.05) is 26.3 Å². The number of carbonyl (C=O) groups is 2. The quantitative estimate of drug-likeness (QED) is 0.819. The van der Waals surface area contributed by atoms with Gasteiger partial charge in [0.15, 0.2) is 0 Å². The van der Waals surface area contributed by atoms with E-state index in [9.17, 15) is 9.59 Å². The molecule has 1 heterocycles. The van der Waals surface area contributed by atoms with Gasteiger partial charge < -0.3 is 14.4 Å². The SMILES string of the molecule is CC(C)(C)OC(=O)NNCc1ccc(C(=O)N2CCOCC2)cc1. The first-order valence-electron chi connectivity index (χ1n) is 8.03. The van der Waals surface area contributed by atoms with Crippen LogP contribution in [0.1, 0.15) is 36.7 Å². The molecule has 7 heteroatoms. The summed E-state index contributed by atoms with van der Waals surface area (Å²) in [5, 5.41) is 0. The fraction of sp³-hybridized carbons (Fsp3) is 0.529. The Morgan fingerprint density at radius 2 is 1.79 bits per heavy atom. The zero-order valence-corrected chi connectivity index (χ0v) is 14.4. The minimum atomic E-state index is -0.534. The third kappa shape index (κ3) is 5.82. The summed E-state index contributed by atoms with van der Waals surface area (Å²) in [5.41, 5.74) is 6.34. The van der Waals surface area contributed by atoms with E-state index in [1.165, 1.54) is 0 Å². The Labute approximate surface area is 142 Å². The van der Waals surface area contributed by atoms with Crippen molar-refractivity contribution in [1.29, 1.82) is 0 Å². The molecule has 1 saturated heterocycles. The second-order valence-corrected chi connectivity index (χ2v) is 6.58. The lowest BCUT2D eigenvalue weighted by molar-refractivity contribution is 0.0303. The van der Waals surface area contributed by atoms with Gasteiger partial charge in [-0.3, -0.25) is 10.2 Å². The van der Waals surface area contributed by atoms with Gasteiger partial charge in [0.25, 0.3) is 5.91 Å². The molecule has 0 unspecified atom stereocenters. The van der Waals surface area contributed by atoms with E-state index in [0.29, 0.717) is 38.4 Å². The Bertz CT molecular complexity index is 560. The summed E-state index contributed by atoms with van der Waals surface area (Å²) >= 11 is 0. The maximum Gasteiger partial charge on any atom is 0.422 e. The topological polar surface area (TPSA) is 79.9 Å². The van der Waals surface area contributed by atoms with Gasteiger partial charge in [0.05, 0.1) is 13.2 Å². The second-order valence-electron chi connectivity index (χ2n) is 6.58. The number of rotatable bonds is 4. The zero-order chi connectivity index (χ0) is 17.6. The molecule has 132 valence electrons. The van der Waals surface area contributed by atoms with Gasteiger partial charge in [0.1, 0.15) is 5.60 Å². The van der Waals surface area contributed by atoms with Crippen LogP contribution in [-0.4, -0.2) is 48.8 Å². The third-order valence-corrected chi connectivity index (χ3v) is 3.38. The van der Waals surface area contributed by atoms with E-state index in [4.69, 9.17) is 9.47 Å². The van der Waals surface area contributed by atoms with E-state index in [0.717, 1.165) is 5.56 Å². The first-order valence-corrected chi connectivity index (χ1v) is 8.03. The maximum atomic E-state index is 12.3. The van der Waals surface area contributed by atoms with Gasteiger partial charge in [-0.2, -0.15) is 0 Å². The first kappa shape index (κ1) is 18.2. The van der Waals surface area contributed by atoms with Crippen LogP contribution in [0.15, 0.2) is 24.3 Å². The second kappa shape index (κ2) is 8.12. The molecule has 2 N–H and O–H groups in total. The Morgan fingerprint density at radius 3 is 2.38 bits per heavy atom. The Kier molecular flexibility index (Phi) is 6.16. The number of amides is 2. The van der Waals surface area contributed by atoms with Crippen LogP contribution in [0.3, 0.4) is 0 Å². The van der Waals surface area contributed by atoms with Gasteiger partial charge in [-0.1, -0.05) is 12.1 Å². The van der Waals surface area contributed by atoms with E-state index < -0.39 is 11.7 Å². The van der Waals surface area contributed by atoms with E-state index in [1.807, 2.05) is 12.1 Å². The molecule has 1 aliphatic heterocycles. The third-order valence-electron chi connectivity index (χ3n) is 3.38. The van der Waals surface area contributed by atoms with Gasteiger partial charge in [0.2, 0.25) is 0 Å². The maximum absolute atomic E-state index is 12.3. The van der Waals surface area contributed by atoms with Crippen molar-refractivity contribution in [2.45, 2.75) is 32.9 Å². The number of hydrogen-bond donors (Lipinski definition) is 2. The Morgan fingerprint density at radius 1 is 1.17 bits per heavy atom. The van der Waals surface area contributed by atoms with Crippen LogP contribution in [0.5, 0.6) is 0 Å². The van der Waals surface area contributed by atoms with Crippen molar-refractivity contribution >= 4 is 12.0 Å². The summed E-state index contributed by atoms with van der Waals surface area (Å²) < 4.78 is 10.4. The fourth-order valence-corrected chi connectivity index (χ4v) is 2.24. The van der Waals surface area contributed by atoms with E-state index in [-0.39, 0.29) is 5.91 Å². The van der Waals surface area contributed by atoms with Crippen LogP contribution < -0.4 is 10.9 Å². The lowest BCUT2D eigenvalue weighted by Crippen LogP contribution is -2.41. The number of ether oxygens (including phenoxy) is 2. The largest absolute Gasteiger partial charge is 0.443 e. The summed E-state index contributed by atoms with van der Waals surface area (Å²) in [4.78, 5) is 25.6. The fourth-order valence-electron chi connectivity index (χ4n) is 2.24. The number of morpholine rings is 1. The van der Waals surface area contributed by atoms with Crippen LogP contribution in [0.4, 0.5) is 4.79 Å². The Hall–Kier alpha value is -2.12. The number of nitrogens with one attached hydrogen (secondary N) is 2. The highest BCUT2D eigenvalue weighted by Gasteiger charge is 2.18. The van der Waals surface area contributed by atoms with Crippen LogP contribution >= 0.6 is 0 Å². The number of benzene rings is 1. The minimum Gasteiger partial charge on any atom is -0.443 e. The minimum absolute atomic E-state index is 0.0182. The summed E-state index contributed by atoms with van der Waals surface area (Å²) in [6, 6.07) is 7.31. The molecule has 0 saturated carbocycles. The molecule has 7 nitrogen and oxygen atoms in total. The standard InChI is InChI=1S/C17H25N3O4/c1-17(2,3)24-16(22)19-18-12-13-4-6-14(7-5-13)15(21)20-8-10-23-11-9-20/h4-7,18H,8-12H2,1-3H3,(H,19,22). The molecular weight excluding hydrogens is 310 g/mol. The summed E-state index contributed by atoms with van der Waals surface area (Å²) in [6.45, 7) is 8.27. The van der Waals surface area contributed by atoms with Gasteiger partial charge in [0, 0.05) is 25.2 Å². The Balaban J connectivity index is 1.79. The molecule has 2 amide bonds. The summed E-state index contributed by atoms with van der Waals surface area (Å²) in [6.07, 6.45) is -0.526. The average Bonchev–Trinajstić information content (AvgIpc) is 2.54. The van der Waals surface area contributed by atoms with Crippen molar-refractivity contribution in [3.05, 3.63) is 35.4 Å². The van der Waals surface area contributed by atoms with Crippen molar-refractivity contribution in [2.24, 2.45) is 0 Å². The normalized spacial score (nSPS) is 15.0. The lowest BCUT2D eigenvalue weighted by Gasteiger charge is -2.26. The van der Waals surface area contributed by atoms with Gasteiger partial charge in [-0.05, 0) is 38.5 Å². The van der Waals surface area contributed by atoms with Crippen molar-refractivity contribution < 1.29 is 19.1 Å². The zero-order valence-electron chi connectivity index (χ0n) is 14.4. The number of hydrazine groups is 1. The highest BCUT2D eigenvalue weighted by molar-refractivity contribution is 5.94. The van der Waals surface area contributed by atoms with Gasteiger partial charge in [-0.25, -0.2) is 10.2 Å². The van der Waals surface area contributed by atoms with Crippen LogP contribution in [0, 0.1) is 0 Å². The molecular formula is C17H25N3O4. The molecule has 0 atom stereocenters. The number of hydrogen-bond acceptors (Lipinski definition) is 5. The number of nitrogens with zero attached hydrogens (tertiary/aromatic N) is 1. The van der Waals surface area contributed by atoms with Crippen molar-refractivity contribution in [3.8, 4) is 0 Å². The molecule has 1 aromatic carbocycles. The molecule has 0 aromatic heterocycles. The summed E-state index contributed by atoms with van der Waals surface area (Å²) in [5.74, 6) is 0.0182. The monoisotopic (exact) mass is 335 g/mol. The predicted octanol–water partition coefficient (Wildman–Crippen LogP) is 1.69. The van der Waals surface area contributed by atoms with E-state index >= 15 is 0 Å². The summed E-state index contributed by atoms with van der Waals surface area (Å²) in [7, 11) is 0. The molecule has 0 spiro atoms. The highest BCUT2D eigenvalue weighted by atomic mass is 16.6. The van der Waals surface area contributed by atoms with Crippen molar-refractivity contribution in [3.63, 3.8) is 0 Å². The van der Waals surface area contributed by atoms with E-state index in [2.05, 4.69) is 10.9 Å². The smallest absolute Gasteiger partial charge is 0.422 e. The predicted molar refractivity (Wildman–Crippen MR) is 89.4 cm³/mol. The molecule has 0 radical (unpaired) electrons. The molecule has 1 aliphatic rings. The first-order chi connectivity index (χ1) is 11.3. The number of carbonyl (C=O) groups excluding carboxylic acids is 2. The van der Waals surface area contributed by atoms with Gasteiger partial charge in [-0.15, -0.1) is 0 Å². The molecule has 2 rings (SSSR count). The van der Waals surface area contributed by atoms with Crippen molar-refractivity contribution in [1.82, 2.24) is 15.8 Å². The molecule has 0 bridgehead atoms. The van der Waals surface area contributed by atoms with Crippen LogP contribution in [0.2, 0.25) is 0 Å². The molecule has 1 aromatic rings. The highest BCUT2D eigenvalue weighted by Crippen LogP contribution is 2.10. The molecule has 24 heavy (non-hydrogen) atoms. The molecule has 1 fully saturated rings. The van der Waals surface area contributed by atoms with Gasteiger partial charge >= 0.3 is 6.09 Å². The average molecular weight is 335 g/mol. The lowest BCUT2D eigenvalue weighted by atomic mass is 10.1.